The lowest BCUT2D eigenvalue weighted by Gasteiger charge is -2.27. The molecule has 1 rings (SSSR count). The molecule has 0 spiro atoms. The van der Waals surface area contributed by atoms with Crippen molar-refractivity contribution in [3.8, 4) is 5.75 Å². The molecule has 1 unspecified atom stereocenters. The van der Waals surface area contributed by atoms with Crippen LogP contribution in [0.2, 0.25) is 0 Å². The fourth-order valence-electron chi connectivity index (χ4n) is 1.29. The summed E-state index contributed by atoms with van der Waals surface area (Å²) in [5.41, 5.74) is 8.51. The molecule has 1 aromatic carbocycles. The van der Waals surface area contributed by atoms with E-state index in [1.807, 2.05) is 0 Å². The molecule has 2 N–H and O–H groups in total. The highest BCUT2D eigenvalue weighted by molar-refractivity contribution is 5.35. The van der Waals surface area contributed by atoms with Crippen LogP contribution in [0.3, 0.4) is 0 Å². The minimum atomic E-state index is 0.0485. The zero-order chi connectivity index (χ0) is 12.3. The molecular weight excluding hydrogens is 198 g/mol. The van der Waals surface area contributed by atoms with Crippen LogP contribution in [0.5, 0.6) is 5.75 Å². The van der Waals surface area contributed by atoms with Crippen LogP contribution in [0.4, 0.5) is 0 Å². The molecule has 90 valence electrons. The van der Waals surface area contributed by atoms with Crippen LogP contribution in [0.25, 0.3) is 0 Å². The van der Waals surface area contributed by atoms with Crippen molar-refractivity contribution in [2.75, 3.05) is 6.61 Å². The predicted octanol–water partition coefficient (Wildman–Crippen LogP) is 3.06. The topological polar surface area (TPSA) is 35.2 Å². The molecule has 1 aromatic rings. The summed E-state index contributed by atoms with van der Waals surface area (Å²) in [4.78, 5) is 0. The van der Waals surface area contributed by atoms with Gasteiger partial charge in [-0.25, -0.2) is 0 Å². The lowest BCUT2D eigenvalue weighted by atomic mass is 9.88. The van der Waals surface area contributed by atoms with Crippen molar-refractivity contribution in [3.05, 3.63) is 29.3 Å². The molecule has 0 saturated carbocycles. The van der Waals surface area contributed by atoms with Crippen LogP contribution in [0.1, 0.15) is 31.9 Å². The maximum atomic E-state index is 6.06. The first-order valence-corrected chi connectivity index (χ1v) is 5.76. The summed E-state index contributed by atoms with van der Waals surface area (Å²) in [6.07, 6.45) is 0. The van der Waals surface area contributed by atoms with Gasteiger partial charge in [0, 0.05) is 6.04 Å². The van der Waals surface area contributed by atoms with Crippen molar-refractivity contribution in [1.29, 1.82) is 0 Å². The Bertz CT molecular complexity index is 352. The lowest BCUT2D eigenvalue weighted by Crippen LogP contribution is -2.40. The van der Waals surface area contributed by atoms with Crippen LogP contribution < -0.4 is 10.5 Å². The summed E-state index contributed by atoms with van der Waals surface area (Å²) in [5.74, 6) is 0.944. The van der Waals surface area contributed by atoms with Gasteiger partial charge in [-0.3, -0.25) is 0 Å². The van der Waals surface area contributed by atoms with Gasteiger partial charge in [-0.15, -0.1) is 0 Å². The largest absolute Gasteiger partial charge is 0.492 e. The number of hydrogen-bond donors (Lipinski definition) is 1. The van der Waals surface area contributed by atoms with E-state index in [0.717, 1.165) is 11.3 Å². The molecule has 0 bridgehead atoms. The van der Waals surface area contributed by atoms with E-state index in [4.69, 9.17) is 10.5 Å². The molecule has 0 aliphatic carbocycles. The minimum absolute atomic E-state index is 0.0485. The van der Waals surface area contributed by atoms with Crippen molar-refractivity contribution in [3.63, 3.8) is 0 Å². The first-order chi connectivity index (χ1) is 7.30. The van der Waals surface area contributed by atoms with Crippen LogP contribution >= 0.6 is 0 Å². The number of benzene rings is 1. The van der Waals surface area contributed by atoms with Crippen LogP contribution in [-0.4, -0.2) is 12.6 Å². The maximum absolute atomic E-state index is 6.06. The average Bonchev–Trinajstić information content (AvgIpc) is 2.17. The highest BCUT2D eigenvalue weighted by Crippen LogP contribution is 2.22. The van der Waals surface area contributed by atoms with E-state index in [1.165, 1.54) is 5.56 Å². The SMILES string of the molecule is Cc1ccc(C)c(OCC(N)C(C)(C)C)c1. The minimum Gasteiger partial charge on any atom is -0.492 e. The third kappa shape index (κ3) is 3.53. The fraction of sp³-hybridized carbons (Fsp3) is 0.571. The third-order valence-corrected chi connectivity index (χ3v) is 2.87. The third-order valence-electron chi connectivity index (χ3n) is 2.87. The Hall–Kier alpha value is -1.02. The molecule has 0 heterocycles. The smallest absolute Gasteiger partial charge is 0.122 e. The van der Waals surface area contributed by atoms with E-state index in [9.17, 15) is 0 Å². The first-order valence-electron chi connectivity index (χ1n) is 5.76. The van der Waals surface area contributed by atoms with Crippen molar-refractivity contribution in [2.24, 2.45) is 11.1 Å². The number of rotatable bonds is 3. The molecule has 0 saturated heterocycles. The van der Waals surface area contributed by atoms with Gasteiger partial charge in [0.25, 0.3) is 0 Å². The zero-order valence-electron chi connectivity index (χ0n) is 11.0. The van der Waals surface area contributed by atoms with Crippen molar-refractivity contribution in [1.82, 2.24) is 0 Å². The molecule has 0 fully saturated rings. The molecule has 0 radical (unpaired) electrons. The molecule has 0 aromatic heterocycles. The monoisotopic (exact) mass is 221 g/mol. The van der Waals surface area contributed by atoms with Crippen molar-refractivity contribution < 1.29 is 4.74 Å². The molecule has 0 amide bonds. The molecule has 0 aliphatic rings. The van der Waals surface area contributed by atoms with Crippen LogP contribution in [-0.2, 0) is 0 Å². The Kier molecular flexibility index (Phi) is 3.98. The van der Waals surface area contributed by atoms with E-state index < -0.39 is 0 Å². The maximum Gasteiger partial charge on any atom is 0.122 e. The van der Waals surface area contributed by atoms with Gasteiger partial charge in [-0.1, -0.05) is 32.9 Å². The molecule has 16 heavy (non-hydrogen) atoms. The normalized spacial score (nSPS) is 13.6. The average molecular weight is 221 g/mol. The number of ether oxygens (including phenoxy) is 1. The second-order valence-corrected chi connectivity index (χ2v) is 5.55. The van der Waals surface area contributed by atoms with Gasteiger partial charge in [0.1, 0.15) is 12.4 Å². The van der Waals surface area contributed by atoms with Gasteiger partial charge < -0.3 is 10.5 Å². The molecular formula is C14H23NO. The quantitative estimate of drug-likeness (QED) is 0.851. The van der Waals surface area contributed by atoms with Crippen LogP contribution in [0, 0.1) is 19.3 Å². The fourth-order valence-corrected chi connectivity index (χ4v) is 1.29. The summed E-state index contributed by atoms with van der Waals surface area (Å²) in [7, 11) is 0. The number of aryl methyl sites for hydroxylation is 2. The first kappa shape index (κ1) is 13.0. The molecule has 0 aliphatic heterocycles. The Morgan fingerprint density at radius 3 is 2.44 bits per heavy atom. The van der Waals surface area contributed by atoms with E-state index in [2.05, 4.69) is 52.8 Å². The van der Waals surface area contributed by atoms with Gasteiger partial charge in [0.15, 0.2) is 0 Å². The van der Waals surface area contributed by atoms with E-state index in [0.29, 0.717) is 6.61 Å². The molecule has 2 nitrogen and oxygen atoms in total. The Morgan fingerprint density at radius 1 is 1.25 bits per heavy atom. The number of hydrogen-bond acceptors (Lipinski definition) is 2. The standard InChI is InChI=1S/C14H23NO/c1-10-6-7-11(2)12(8-10)16-9-13(15)14(3,4)5/h6-8,13H,9,15H2,1-5H3. The Labute approximate surface area is 98.8 Å². The number of nitrogens with two attached hydrogens (primary N) is 1. The van der Waals surface area contributed by atoms with E-state index in [-0.39, 0.29) is 11.5 Å². The second kappa shape index (κ2) is 4.88. The van der Waals surface area contributed by atoms with Crippen molar-refractivity contribution >= 4 is 0 Å². The molecule has 1 atom stereocenters. The highest BCUT2D eigenvalue weighted by Gasteiger charge is 2.21. The molecule has 2 heteroatoms. The van der Waals surface area contributed by atoms with E-state index >= 15 is 0 Å². The second-order valence-electron chi connectivity index (χ2n) is 5.55. The van der Waals surface area contributed by atoms with Gasteiger partial charge >= 0.3 is 0 Å². The summed E-state index contributed by atoms with van der Waals surface area (Å²) in [6, 6.07) is 6.27. The van der Waals surface area contributed by atoms with Crippen molar-refractivity contribution in [2.45, 2.75) is 40.7 Å². The summed E-state index contributed by atoms with van der Waals surface area (Å²) >= 11 is 0. The summed E-state index contributed by atoms with van der Waals surface area (Å²) < 4.78 is 5.78. The van der Waals surface area contributed by atoms with Gasteiger partial charge in [-0.05, 0) is 36.5 Å². The highest BCUT2D eigenvalue weighted by atomic mass is 16.5. The Balaban J connectivity index is 2.64. The van der Waals surface area contributed by atoms with E-state index in [1.54, 1.807) is 0 Å². The Morgan fingerprint density at radius 2 is 1.88 bits per heavy atom. The predicted molar refractivity (Wildman–Crippen MR) is 68.8 cm³/mol. The van der Waals surface area contributed by atoms with Gasteiger partial charge in [0.2, 0.25) is 0 Å². The van der Waals surface area contributed by atoms with Gasteiger partial charge in [0.05, 0.1) is 0 Å². The van der Waals surface area contributed by atoms with Crippen LogP contribution in [0.15, 0.2) is 18.2 Å². The zero-order valence-corrected chi connectivity index (χ0v) is 11.0. The summed E-state index contributed by atoms with van der Waals surface area (Å²) in [5, 5.41) is 0. The lowest BCUT2D eigenvalue weighted by molar-refractivity contribution is 0.204. The van der Waals surface area contributed by atoms with Gasteiger partial charge in [-0.2, -0.15) is 0 Å². The summed E-state index contributed by atoms with van der Waals surface area (Å²) in [6.45, 7) is 11.1.